The fourth-order valence-corrected chi connectivity index (χ4v) is 4.43. The van der Waals surface area contributed by atoms with Gasteiger partial charge in [0.05, 0.1) is 13.1 Å². The number of fused-ring (bicyclic) bond motifs is 1. The van der Waals surface area contributed by atoms with Crippen LogP contribution in [0, 0.1) is 12.7 Å². The SMILES string of the molecule is CCNCCNC(=O)CN(CC(=O)N(C)N1Cc2ccc(F)cc2C1)c1cc(-c2noc(C(F)F)n2)ccc1C.Cl.Cl. The van der Waals surface area contributed by atoms with Crippen molar-refractivity contribution in [3.63, 3.8) is 0 Å². The van der Waals surface area contributed by atoms with E-state index in [1.54, 1.807) is 41.2 Å². The number of hydrogen-bond acceptors (Lipinski definition) is 8. The molecule has 0 saturated heterocycles. The van der Waals surface area contributed by atoms with Crippen LogP contribution in [0.2, 0.25) is 0 Å². The molecule has 0 fully saturated rings. The standard InChI is InChI=1S/C27H32F3N7O3.2ClH/c1-4-31-9-10-32-23(38)15-36(16-24(39)35(3)37-13-19-7-8-21(28)11-20(19)14-37)22-12-18(6-5-17(22)2)26-33-27(25(29)30)40-34-26;;/h5-8,11-12,25,31H,4,9-10,13-16H2,1-3H3,(H,32,38);2*1H. The molecule has 42 heavy (non-hydrogen) atoms. The van der Waals surface area contributed by atoms with Crippen molar-refractivity contribution in [2.75, 3.05) is 44.7 Å². The maximum Gasteiger partial charge on any atom is 0.315 e. The van der Waals surface area contributed by atoms with Crippen molar-refractivity contribution in [3.8, 4) is 11.4 Å². The Balaban J connectivity index is 0.00000308. The zero-order valence-corrected chi connectivity index (χ0v) is 25.0. The molecule has 0 radical (unpaired) electrons. The molecule has 2 N–H and O–H groups in total. The molecule has 0 atom stereocenters. The molecule has 0 aliphatic carbocycles. The van der Waals surface area contributed by atoms with Crippen molar-refractivity contribution in [1.29, 1.82) is 0 Å². The molecule has 4 rings (SSSR count). The molecule has 0 saturated carbocycles. The van der Waals surface area contributed by atoms with Crippen LogP contribution in [-0.2, 0) is 22.7 Å². The van der Waals surface area contributed by atoms with E-state index < -0.39 is 12.3 Å². The van der Waals surface area contributed by atoms with Crippen LogP contribution in [-0.4, -0.2) is 71.7 Å². The van der Waals surface area contributed by atoms with Crippen molar-refractivity contribution in [2.24, 2.45) is 0 Å². The minimum Gasteiger partial charge on any atom is -0.353 e. The second kappa shape index (κ2) is 15.7. The minimum absolute atomic E-state index is 0. The van der Waals surface area contributed by atoms with Gasteiger partial charge in [0, 0.05) is 44.5 Å². The monoisotopic (exact) mass is 631 g/mol. The summed E-state index contributed by atoms with van der Waals surface area (Å²) >= 11 is 0. The van der Waals surface area contributed by atoms with Crippen LogP contribution in [0.4, 0.5) is 18.9 Å². The van der Waals surface area contributed by atoms with Crippen LogP contribution in [0.25, 0.3) is 11.4 Å². The summed E-state index contributed by atoms with van der Waals surface area (Å²) in [5, 5.41) is 12.9. The zero-order valence-electron chi connectivity index (χ0n) is 23.4. The summed E-state index contributed by atoms with van der Waals surface area (Å²) in [4.78, 5) is 31.7. The fourth-order valence-electron chi connectivity index (χ4n) is 4.43. The Bertz CT molecular complexity index is 1360. The van der Waals surface area contributed by atoms with E-state index in [2.05, 4.69) is 25.3 Å². The highest BCUT2D eigenvalue weighted by Crippen LogP contribution is 2.29. The van der Waals surface area contributed by atoms with Gasteiger partial charge in [-0.05, 0) is 48.4 Å². The van der Waals surface area contributed by atoms with E-state index >= 15 is 0 Å². The normalized spacial score (nSPS) is 12.4. The van der Waals surface area contributed by atoms with Gasteiger partial charge in [-0.1, -0.05) is 30.3 Å². The van der Waals surface area contributed by atoms with E-state index in [4.69, 9.17) is 0 Å². The Morgan fingerprint density at radius 1 is 1.07 bits per heavy atom. The van der Waals surface area contributed by atoms with E-state index in [1.165, 1.54) is 17.1 Å². The number of likely N-dealkylation sites (N-methyl/N-ethyl adjacent to an activating group) is 2. The number of hydrogen-bond donors (Lipinski definition) is 2. The van der Waals surface area contributed by atoms with Crippen LogP contribution in [0.15, 0.2) is 40.9 Å². The van der Waals surface area contributed by atoms with Gasteiger partial charge >= 0.3 is 6.43 Å². The van der Waals surface area contributed by atoms with Crippen molar-refractivity contribution >= 4 is 42.3 Å². The van der Waals surface area contributed by atoms with E-state index in [1.807, 2.05) is 13.8 Å². The predicted molar refractivity (Wildman–Crippen MR) is 156 cm³/mol. The first kappa shape index (κ1) is 34.8. The van der Waals surface area contributed by atoms with Gasteiger partial charge in [0.1, 0.15) is 5.82 Å². The van der Waals surface area contributed by atoms with Crippen LogP contribution in [0.1, 0.15) is 35.9 Å². The Labute approximate surface area is 254 Å². The Hall–Kier alpha value is -3.39. The number of benzene rings is 2. The number of anilines is 1. The number of aryl methyl sites for hydroxylation is 1. The summed E-state index contributed by atoms with van der Waals surface area (Å²) in [6.07, 6.45) is -2.91. The van der Waals surface area contributed by atoms with Gasteiger partial charge < -0.3 is 20.1 Å². The Kier molecular flexibility index (Phi) is 13.0. The molecule has 0 unspecified atom stereocenters. The average Bonchev–Trinajstić information content (AvgIpc) is 3.58. The quantitative estimate of drug-likeness (QED) is 0.290. The molecule has 2 heterocycles. The third-order valence-corrected chi connectivity index (χ3v) is 6.63. The van der Waals surface area contributed by atoms with Gasteiger partial charge in [-0.2, -0.15) is 13.8 Å². The number of hydrazine groups is 1. The number of aromatic nitrogens is 2. The van der Waals surface area contributed by atoms with Gasteiger partial charge in [-0.25, -0.2) is 9.40 Å². The molecule has 10 nitrogen and oxygen atoms in total. The number of carbonyl (C=O) groups excluding carboxylic acids is 2. The highest BCUT2D eigenvalue weighted by Gasteiger charge is 2.28. The second-order valence-electron chi connectivity index (χ2n) is 9.47. The van der Waals surface area contributed by atoms with E-state index in [0.29, 0.717) is 37.4 Å². The van der Waals surface area contributed by atoms with E-state index in [0.717, 1.165) is 23.2 Å². The topological polar surface area (TPSA) is 107 Å². The average molecular weight is 633 g/mol. The zero-order chi connectivity index (χ0) is 28.8. The lowest BCUT2D eigenvalue weighted by atomic mass is 10.1. The Morgan fingerprint density at radius 3 is 2.50 bits per heavy atom. The fraction of sp³-hybridized carbons (Fsp3) is 0.407. The van der Waals surface area contributed by atoms with E-state index in [9.17, 15) is 22.8 Å². The number of halogens is 5. The largest absolute Gasteiger partial charge is 0.353 e. The number of alkyl halides is 2. The summed E-state index contributed by atoms with van der Waals surface area (Å²) < 4.78 is 44.3. The highest BCUT2D eigenvalue weighted by molar-refractivity contribution is 5.87. The summed E-state index contributed by atoms with van der Waals surface area (Å²) in [5.74, 6) is -1.74. The summed E-state index contributed by atoms with van der Waals surface area (Å²) in [5.41, 5.74) is 3.43. The van der Waals surface area contributed by atoms with Crippen molar-refractivity contribution in [3.05, 3.63) is 64.8 Å². The van der Waals surface area contributed by atoms with Crippen LogP contribution in [0.3, 0.4) is 0 Å². The number of amides is 2. The van der Waals surface area contributed by atoms with Crippen LogP contribution < -0.4 is 15.5 Å². The third kappa shape index (κ3) is 8.57. The first-order chi connectivity index (χ1) is 19.2. The minimum atomic E-state index is -2.91. The van der Waals surface area contributed by atoms with Gasteiger partial charge in [0.15, 0.2) is 0 Å². The number of nitrogens with one attached hydrogen (secondary N) is 2. The molecule has 15 heteroatoms. The number of carbonyl (C=O) groups is 2. The molecule has 3 aromatic rings. The maximum atomic E-state index is 13.7. The molecule has 2 aromatic carbocycles. The lowest BCUT2D eigenvalue weighted by Gasteiger charge is -2.32. The molecule has 0 spiro atoms. The summed E-state index contributed by atoms with van der Waals surface area (Å²) in [7, 11) is 1.63. The summed E-state index contributed by atoms with van der Waals surface area (Å²) in [6, 6.07) is 9.59. The molecule has 1 aliphatic rings. The van der Waals surface area contributed by atoms with Crippen LogP contribution in [0.5, 0.6) is 0 Å². The van der Waals surface area contributed by atoms with Crippen LogP contribution >= 0.6 is 24.8 Å². The number of rotatable bonds is 12. The Morgan fingerprint density at radius 2 is 1.81 bits per heavy atom. The maximum absolute atomic E-state index is 13.7. The van der Waals surface area contributed by atoms with Crippen molar-refractivity contribution in [1.82, 2.24) is 30.8 Å². The van der Waals surface area contributed by atoms with Crippen molar-refractivity contribution in [2.45, 2.75) is 33.4 Å². The first-order valence-corrected chi connectivity index (χ1v) is 12.9. The molecule has 1 aliphatic heterocycles. The highest BCUT2D eigenvalue weighted by atomic mass is 35.5. The molecular formula is C27H34Cl2F3N7O3. The number of nitrogens with zero attached hydrogens (tertiary/aromatic N) is 5. The lowest BCUT2D eigenvalue weighted by molar-refractivity contribution is -0.145. The third-order valence-electron chi connectivity index (χ3n) is 6.63. The first-order valence-electron chi connectivity index (χ1n) is 12.9. The lowest BCUT2D eigenvalue weighted by Crippen LogP contribution is -2.48. The van der Waals surface area contributed by atoms with E-state index in [-0.39, 0.29) is 61.4 Å². The second-order valence-corrected chi connectivity index (χ2v) is 9.47. The van der Waals surface area contributed by atoms with Gasteiger partial charge in [-0.3, -0.25) is 14.6 Å². The molecule has 1 aromatic heterocycles. The smallest absolute Gasteiger partial charge is 0.315 e. The van der Waals surface area contributed by atoms with Gasteiger partial charge in [0.2, 0.25) is 11.7 Å². The summed E-state index contributed by atoms with van der Waals surface area (Å²) in [6.45, 7) is 6.09. The predicted octanol–water partition coefficient (Wildman–Crippen LogP) is 3.89. The van der Waals surface area contributed by atoms with Crippen molar-refractivity contribution < 1.29 is 27.3 Å². The molecule has 2 amide bonds. The van der Waals surface area contributed by atoms with Gasteiger partial charge in [-0.15, -0.1) is 24.8 Å². The van der Waals surface area contributed by atoms with Gasteiger partial charge in [0.25, 0.3) is 11.8 Å². The molecule has 0 bridgehead atoms. The molecule has 230 valence electrons. The molecular weight excluding hydrogens is 598 g/mol.